The van der Waals surface area contributed by atoms with Gasteiger partial charge < -0.3 is 15.2 Å². The summed E-state index contributed by atoms with van der Waals surface area (Å²) in [6, 6.07) is 21.9. The van der Waals surface area contributed by atoms with Crippen LogP contribution in [0.25, 0.3) is 0 Å². The zero-order valence-electron chi connectivity index (χ0n) is 13.4. The molecular weight excluding hydrogens is 318 g/mol. The molecule has 2 aromatic carbocycles. The number of aliphatic hydroxyl groups excluding tert-OH is 1. The van der Waals surface area contributed by atoms with Crippen LogP contribution in [-0.2, 0) is 13.2 Å². The van der Waals surface area contributed by atoms with Crippen LogP contribution in [0.15, 0.2) is 72.1 Å². The zero-order chi connectivity index (χ0) is 16.6. The molecule has 0 saturated carbocycles. The lowest BCUT2D eigenvalue weighted by Gasteiger charge is -2.12. The fourth-order valence-corrected chi connectivity index (χ4v) is 3.01. The summed E-state index contributed by atoms with van der Waals surface area (Å²) in [5.74, 6) is 0.872. The molecule has 3 rings (SSSR count). The van der Waals surface area contributed by atoms with Crippen molar-refractivity contribution in [1.29, 1.82) is 0 Å². The maximum Gasteiger partial charge on any atom is 0.122 e. The van der Waals surface area contributed by atoms with Gasteiger partial charge in [-0.1, -0.05) is 48.5 Å². The van der Waals surface area contributed by atoms with Crippen molar-refractivity contribution >= 4 is 11.3 Å². The smallest absolute Gasteiger partial charge is 0.122 e. The Balaban J connectivity index is 1.42. The van der Waals surface area contributed by atoms with Crippen LogP contribution in [0.1, 0.15) is 22.1 Å². The first kappa shape index (κ1) is 16.7. The van der Waals surface area contributed by atoms with Crippen LogP contribution in [0, 0.1) is 0 Å². The Bertz CT molecular complexity index is 711. The van der Waals surface area contributed by atoms with E-state index in [1.807, 2.05) is 60.7 Å². The minimum Gasteiger partial charge on any atom is -0.488 e. The third kappa shape index (κ3) is 4.93. The van der Waals surface area contributed by atoms with Gasteiger partial charge in [-0.15, -0.1) is 11.3 Å². The number of thiophene rings is 1. The summed E-state index contributed by atoms with van der Waals surface area (Å²) in [7, 11) is 0. The van der Waals surface area contributed by atoms with Crippen molar-refractivity contribution in [2.24, 2.45) is 0 Å². The van der Waals surface area contributed by atoms with E-state index in [1.54, 1.807) is 11.3 Å². The number of hydrogen-bond acceptors (Lipinski definition) is 4. The average molecular weight is 339 g/mol. The highest BCUT2D eigenvalue weighted by atomic mass is 32.1. The Morgan fingerprint density at radius 2 is 1.75 bits per heavy atom. The molecule has 124 valence electrons. The van der Waals surface area contributed by atoms with Gasteiger partial charge in [-0.2, -0.15) is 0 Å². The molecule has 0 radical (unpaired) electrons. The summed E-state index contributed by atoms with van der Waals surface area (Å²) < 4.78 is 5.76. The van der Waals surface area contributed by atoms with Crippen molar-refractivity contribution in [1.82, 2.24) is 5.32 Å². The molecule has 3 aromatic rings. The van der Waals surface area contributed by atoms with E-state index in [1.165, 1.54) is 10.4 Å². The predicted molar refractivity (Wildman–Crippen MR) is 98.2 cm³/mol. The third-order valence-corrected chi connectivity index (χ3v) is 4.59. The van der Waals surface area contributed by atoms with Crippen LogP contribution in [0.3, 0.4) is 0 Å². The maximum absolute atomic E-state index is 10.1. The van der Waals surface area contributed by atoms with E-state index in [2.05, 4.69) is 16.8 Å². The topological polar surface area (TPSA) is 41.5 Å². The molecule has 0 bridgehead atoms. The van der Waals surface area contributed by atoms with Crippen LogP contribution in [0.4, 0.5) is 0 Å². The largest absolute Gasteiger partial charge is 0.488 e. The molecule has 0 aliphatic heterocycles. The molecule has 1 heterocycles. The molecule has 0 unspecified atom stereocenters. The zero-order valence-corrected chi connectivity index (χ0v) is 14.2. The third-order valence-electron chi connectivity index (χ3n) is 3.74. The molecular formula is C20H21NO2S. The molecule has 1 aromatic heterocycles. The van der Waals surface area contributed by atoms with Gasteiger partial charge in [-0.25, -0.2) is 0 Å². The van der Waals surface area contributed by atoms with Crippen molar-refractivity contribution in [3.8, 4) is 5.75 Å². The second-order valence-corrected chi connectivity index (χ2v) is 6.60. The second-order valence-electron chi connectivity index (χ2n) is 5.57. The Morgan fingerprint density at radius 3 is 2.46 bits per heavy atom. The molecule has 3 nitrogen and oxygen atoms in total. The molecule has 0 saturated heterocycles. The van der Waals surface area contributed by atoms with E-state index in [4.69, 9.17) is 4.74 Å². The van der Waals surface area contributed by atoms with E-state index in [0.717, 1.165) is 17.9 Å². The first-order chi connectivity index (χ1) is 11.8. The highest BCUT2D eigenvalue weighted by Gasteiger charge is 2.06. The predicted octanol–water partition coefficient (Wildman–Crippen LogP) is 4.15. The average Bonchev–Trinajstić information content (AvgIpc) is 3.15. The lowest BCUT2D eigenvalue weighted by atomic mass is 10.1. The van der Waals surface area contributed by atoms with Gasteiger partial charge in [-0.05, 0) is 34.7 Å². The molecule has 0 aliphatic rings. The Labute approximate surface area is 146 Å². The van der Waals surface area contributed by atoms with Crippen molar-refractivity contribution < 1.29 is 9.84 Å². The van der Waals surface area contributed by atoms with Crippen LogP contribution >= 0.6 is 11.3 Å². The van der Waals surface area contributed by atoms with Gasteiger partial charge in [-0.3, -0.25) is 0 Å². The molecule has 0 fully saturated rings. The molecule has 0 spiro atoms. The summed E-state index contributed by atoms with van der Waals surface area (Å²) in [6.45, 7) is 1.86. The van der Waals surface area contributed by atoms with Gasteiger partial charge in [0.15, 0.2) is 0 Å². The standard InChI is InChI=1S/C20H21NO2S/c22-20(17-5-2-1-3-6-17)14-21-13-16-8-10-18(11-9-16)23-15-19-7-4-12-24-19/h1-12,20-22H,13-15H2/t20-/m0/s1. The number of aliphatic hydroxyl groups is 1. The minimum absolute atomic E-state index is 0.486. The summed E-state index contributed by atoms with van der Waals surface area (Å²) in [5.41, 5.74) is 2.10. The molecule has 2 N–H and O–H groups in total. The monoisotopic (exact) mass is 339 g/mol. The van der Waals surface area contributed by atoms with Crippen LogP contribution in [-0.4, -0.2) is 11.7 Å². The van der Waals surface area contributed by atoms with Crippen molar-refractivity contribution in [2.45, 2.75) is 19.3 Å². The number of benzene rings is 2. The van der Waals surface area contributed by atoms with Crippen LogP contribution in [0.2, 0.25) is 0 Å². The van der Waals surface area contributed by atoms with Crippen LogP contribution in [0.5, 0.6) is 5.75 Å². The van der Waals surface area contributed by atoms with Gasteiger partial charge in [0.25, 0.3) is 0 Å². The summed E-state index contributed by atoms with van der Waals surface area (Å²) in [6.07, 6.45) is -0.486. The number of nitrogens with one attached hydrogen (secondary N) is 1. The maximum atomic E-state index is 10.1. The highest BCUT2D eigenvalue weighted by molar-refractivity contribution is 7.09. The van der Waals surface area contributed by atoms with E-state index >= 15 is 0 Å². The SMILES string of the molecule is O[C@@H](CNCc1ccc(OCc2cccs2)cc1)c1ccccc1. The van der Waals surface area contributed by atoms with E-state index in [-0.39, 0.29) is 0 Å². The molecule has 0 amide bonds. The van der Waals surface area contributed by atoms with Crippen molar-refractivity contribution in [3.05, 3.63) is 88.1 Å². The number of hydrogen-bond donors (Lipinski definition) is 2. The fraction of sp³-hybridized carbons (Fsp3) is 0.200. The number of ether oxygens (including phenoxy) is 1. The minimum atomic E-state index is -0.486. The lowest BCUT2D eigenvalue weighted by molar-refractivity contribution is 0.174. The van der Waals surface area contributed by atoms with E-state index in [9.17, 15) is 5.11 Å². The molecule has 1 atom stereocenters. The molecule has 0 aliphatic carbocycles. The fourth-order valence-electron chi connectivity index (χ4n) is 2.40. The van der Waals surface area contributed by atoms with Gasteiger partial charge >= 0.3 is 0 Å². The van der Waals surface area contributed by atoms with Gasteiger partial charge in [0, 0.05) is 18.0 Å². The van der Waals surface area contributed by atoms with Gasteiger partial charge in [0.1, 0.15) is 12.4 Å². The van der Waals surface area contributed by atoms with Gasteiger partial charge in [0.05, 0.1) is 6.10 Å². The van der Waals surface area contributed by atoms with Gasteiger partial charge in [0.2, 0.25) is 0 Å². The molecule has 24 heavy (non-hydrogen) atoms. The Morgan fingerprint density at radius 1 is 0.958 bits per heavy atom. The number of rotatable bonds is 8. The van der Waals surface area contributed by atoms with E-state index in [0.29, 0.717) is 13.2 Å². The van der Waals surface area contributed by atoms with Crippen molar-refractivity contribution in [2.75, 3.05) is 6.54 Å². The Kier molecular flexibility index (Phi) is 6.01. The lowest BCUT2D eigenvalue weighted by Crippen LogP contribution is -2.20. The quantitative estimate of drug-likeness (QED) is 0.648. The highest BCUT2D eigenvalue weighted by Crippen LogP contribution is 2.16. The normalized spacial score (nSPS) is 12.0. The summed E-state index contributed by atoms with van der Waals surface area (Å²) in [5, 5.41) is 15.5. The second kappa shape index (κ2) is 8.64. The van der Waals surface area contributed by atoms with E-state index < -0.39 is 6.10 Å². The summed E-state index contributed by atoms with van der Waals surface area (Å²) in [4.78, 5) is 1.22. The van der Waals surface area contributed by atoms with Crippen LogP contribution < -0.4 is 10.1 Å². The summed E-state index contributed by atoms with van der Waals surface area (Å²) >= 11 is 1.70. The molecule has 4 heteroatoms. The first-order valence-corrected chi connectivity index (χ1v) is 8.87. The first-order valence-electron chi connectivity index (χ1n) is 7.99. The van der Waals surface area contributed by atoms with Crippen molar-refractivity contribution in [3.63, 3.8) is 0 Å². The Hall–Kier alpha value is -2.14.